The van der Waals surface area contributed by atoms with Crippen LogP contribution in [0.5, 0.6) is 0 Å². The maximum Gasteiger partial charge on any atom is 0.239 e. The fourth-order valence-electron chi connectivity index (χ4n) is 2.67. The van der Waals surface area contributed by atoms with Crippen molar-refractivity contribution in [3.63, 3.8) is 0 Å². The first-order valence-electron chi connectivity index (χ1n) is 8.19. The molecule has 1 atom stereocenters. The van der Waals surface area contributed by atoms with E-state index < -0.39 is 0 Å². The summed E-state index contributed by atoms with van der Waals surface area (Å²) in [5, 5.41) is 5.48. The maximum atomic E-state index is 11.7. The van der Waals surface area contributed by atoms with Crippen molar-refractivity contribution >= 4 is 11.8 Å². The summed E-state index contributed by atoms with van der Waals surface area (Å²) < 4.78 is 10.8. The zero-order valence-electron chi connectivity index (χ0n) is 13.1. The number of amides is 2. The van der Waals surface area contributed by atoms with Crippen LogP contribution in [0, 0.1) is 0 Å². The molecule has 2 aliphatic rings. The molecule has 2 saturated heterocycles. The lowest BCUT2D eigenvalue weighted by Crippen LogP contribution is -2.43. The van der Waals surface area contributed by atoms with E-state index in [0.29, 0.717) is 13.0 Å². The van der Waals surface area contributed by atoms with Crippen LogP contribution >= 0.6 is 0 Å². The van der Waals surface area contributed by atoms with Crippen LogP contribution in [0.1, 0.15) is 25.7 Å². The van der Waals surface area contributed by atoms with Crippen molar-refractivity contribution in [1.29, 1.82) is 0 Å². The van der Waals surface area contributed by atoms with E-state index in [-0.39, 0.29) is 24.5 Å². The topological polar surface area (TPSA) is 79.9 Å². The lowest BCUT2D eigenvalue weighted by molar-refractivity contribution is -0.128. The Kier molecular flexibility index (Phi) is 7.62. The molecule has 7 nitrogen and oxygen atoms in total. The average molecular weight is 313 g/mol. The van der Waals surface area contributed by atoms with Crippen molar-refractivity contribution in [2.24, 2.45) is 0 Å². The quantitative estimate of drug-likeness (QED) is 0.663. The minimum Gasteiger partial charge on any atom is -0.379 e. The Hall–Kier alpha value is -1.18. The highest BCUT2D eigenvalue weighted by Crippen LogP contribution is 2.15. The summed E-state index contributed by atoms with van der Waals surface area (Å²) in [6.07, 6.45) is 3.47. The molecule has 2 amide bonds. The summed E-state index contributed by atoms with van der Waals surface area (Å²) in [4.78, 5) is 25.7. The van der Waals surface area contributed by atoms with Gasteiger partial charge >= 0.3 is 0 Å². The molecule has 0 radical (unpaired) electrons. The standard InChI is InChI=1S/C15H27N3O4/c19-14(11-13-3-1-2-8-22-13)17-12-15(20)16-4-5-18-6-9-21-10-7-18/h13H,1-12H2,(H,16,20)(H,17,19). The highest BCUT2D eigenvalue weighted by atomic mass is 16.5. The van der Waals surface area contributed by atoms with Crippen LogP contribution in [-0.2, 0) is 19.1 Å². The van der Waals surface area contributed by atoms with Gasteiger partial charge in [-0.2, -0.15) is 0 Å². The third kappa shape index (κ3) is 6.72. The Balaban J connectivity index is 1.50. The number of hydrogen-bond donors (Lipinski definition) is 2. The van der Waals surface area contributed by atoms with Gasteiger partial charge in [-0.3, -0.25) is 14.5 Å². The lowest BCUT2D eigenvalue weighted by Gasteiger charge is -2.26. The van der Waals surface area contributed by atoms with Gasteiger partial charge in [0.05, 0.1) is 32.3 Å². The van der Waals surface area contributed by atoms with Crippen LogP contribution in [0.4, 0.5) is 0 Å². The molecule has 0 saturated carbocycles. The van der Waals surface area contributed by atoms with Gasteiger partial charge in [-0.1, -0.05) is 0 Å². The van der Waals surface area contributed by atoms with Crippen molar-refractivity contribution in [3.8, 4) is 0 Å². The van der Waals surface area contributed by atoms with Crippen molar-refractivity contribution in [2.45, 2.75) is 31.8 Å². The van der Waals surface area contributed by atoms with Crippen LogP contribution in [0.15, 0.2) is 0 Å². The average Bonchev–Trinajstić information content (AvgIpc) is 2.55. The first kappa shape index (κ1) is 17.2. The molecule has 0 aromatic carbocycles. The highest BCUT2D eigenvalue weighted by molar-refractivity contribution is 5.84. The van der Waals surface area contributed by atoms with E-state index in [9.17, 15) is 9.59 Å². The summed E-state index contributed by atoms with van der Waals surface area (Å²) in [5.74, 6) is -0.263. The molecule has 2 heterocycles. The number of rotatable bonds is 7. The van der Waals surface area contributed by atoms with Crippen molar-refractivity contribution in [3.05, 3.63) is 0 Å². The molecule has 0 aromatic rings. The minimum absolute atomic E-state index is 0.0122. The Labute approximate surface area is 131 Å². The zero-order valence-corrected chi connectivity index (χ0v) is 13.1. The molecule has 2 aliphatic heterocycles. The second kappa shape index (κ2) is 9.76. The third-order valence-corrected chi connectivity index (χ3v) is 3.99. The molecule has 7 heteroatoms. The summed E-state index contributed by atoms with van der Waals surface area (Å²) in [7, 11) is 0. The van der Waals surface area contributed by atoms with Crippen molar-refractivity contribution in [2.75, 3.05) is 52.5 Å². The van der Waals surface area contributed by atoms with Crippen molar-refractivity contribution in [1.82, 2.24) is 15.5 Å². The number of carbonyl (C=O) groups excluding carboxylic acids is 2. The number of hydrogen-bond acceptors (Lipinski definition) is 5. The molecular weight excluding hydrogens is 286 g/mol. The molecule has 0 aromatic heterocycles. The fourth-order valence-corrected chi connectivity index (χ4v) is 2.67. The van der Waals surface area contributed by atoms with E-state index in [1.807, 2.05) is 0 Å². The molecule has 2 N–H and O–H groups in total. The van der Waals surface area contributed by atoms with Gasteiger partial charge in [0.2, 0.25) is 11.8 Å². The smallest absolute Gasteiger partial charge is 0.239 e. The fraction of sp³-hybridized carbons (Fsp3) is 0.867. The Morgan fingerprint density at radius 1 is 1.05 bits per heavy atom. The second-order valence-electron chi connectivity index (χ2n) is 5.77. The first-order chi connectivity index (χ1) is 10.7. The first-order valence-corrected chi connectivity index (χ1v) is 8.19. The number of nitrogens with zero attached hydrogens (tertiary/aromatic N) is 1. The second-order valence-corrected chi connectivity index (χ2v) is 5.77. The zero-order chi connectivity index (χ0) is 15.6. The molecule has 1 unspecified atom stereocenters. The SMILES string of the molecule is O=C(CNC(=O)CC1CCCCO1)NCCN1CCOCC1. The molecule has 2 rings (SSSR count). The van der Waals surface area contributed by atoms with E-state index in [0.717, 1.165) is 58.7 Å². The van der Waals surface area contributed by atoms with Crippen LogP contribution in [0.25, 0.3) is 0 Å². The van der Waals surface area contributed by atoms with Gasteiger partial charge in [0.25, 0.3) is 0 Å². The van der Waals surface area contributed by atoms with Gasteiger partial charge in [0.1, 0.15) is 0 Å². The molecular formula is C15H27N3O4. The van der Waals surface area contributed by atoms with Gasteiger partial charge in [-0.05, 0) is 19.3 Å². The van der Waals surface area contributed by atoms with Gasteiger partial charge < -0.3 is 20.1 Å². The van der Waals surface area contributed by atoms with Gasteiger partial charge in [-0.25, -0.2) is 0 Å². The van der Waals surface area contributed by atoms with E-state index in [2.05, 4.69) is 15.5 Å². The summed E-state index contributed by atoms with van der Waals surface area (Å²) >= 11 is 0. The normalized spacial score (nSPS) is 23.0. The summed E-state index contributed by atoms with van der Waals surface area (Å²) in [5.41, 5.74) is 0. The Morgan fingerprint density at radius 2 is 1.86 bits per heavy atom. The van der Waals surface area contributed by atoms with Crippen molar-refractivity contribution < 1.29 is 19.1 Å². The van der Waals surface area contributed by atoms with E-state index in [4.69, 9.17) is 9.47 Å². The highest BCUT2D eigenvalue weighted by Gasteiger charge is 2.18. The lowest BCUT2D eigenvalue weighted by atomic mass is 10.1. The molecule has 0 aliphatic carbocycles. The summed E-state index contributed by atoms with van der Waals surface area (Å²) in [6, 6.07) is 0. The van der Waals surface area contributed by atoms with E-state index in [1.54, 1.807) is 0 Å². The maximum absolute atomic E-state index is 11.7. The molecule has 126 valence electrons. The molecule has 0 bridgehead atoms. The largest absolute Gasteiger partial charge is 0.379 e. The van der Waals surface area contributed by atoms with Crippen LogP contribution in [0.2, 0.25) is 0 Å². The monoisotopic (exact) mass is 313 g/mol. The molecule has 0 spiro atoms. The molecule has 22 heavy (non-hydrogen) atoms. The number of ether oxygens (including phenoxy) is 2. The van der Waals surface area contributed by atoms with Crippen LogP contribution in [-0.4, -0.2) is 75.4 Å². The van der Waals surface area contributed by atoms with Gasteiger partial charge in [-0.15, -0.1) is 0 Å². The van der Waals surface area contributed by atoms with Gasteiger partial charge in [0, 0.05) is 32.8 Å². The van der Waals surface area contributed by atoms with E-state index in [1.165, 1.54) is 0 Å². The van der Waals surface area contributed by atoms with Gasteiger partial charge in [0.15, 0.2) is 0 Å². The van der Waals surface area contributed by atoms with Crippen LogP contribution < -0.4 is 10.6 Å². The summed E-state index contributed by atoms with van der Waals surface area (Å²) in [6.45, 7) is 5.52. The molecule has 2 fully saturated rings. The Bertz CT molecular complexity index is 353. The number of morpholine rings is 1. The minimum atomic E-state index is -0.147. The number of carbonyl (C=O) groups is 2. The third-order valence-electron chi connectivity index (χ3n) is 3.99. The predicted molar refractivity (Wildman–Crippen MR) is 81.5 cm³/mol. The Morgan fingerprint density at radius 3 is 2.59 bits per heavy atom. The van der Waals surface area contributed by atoms with E-state index >= 15 is 0 Å². The predicted octanol–water partition coefficient (Wildman–Crippen LogP) is -0.490. The number of nitrogens with one attached hydrogen (secondary N) is 2. The van der Waals surface area contributed by atoms with Crippen LogP contribution in [0.3, 0.4) is 0 Å².